The van der Waals surface area contributed by atoms with Crippen molar-refractivity contribution in [3.8, 4) is 5.75 Å². The first-order valence-corrected chi connectivity index (χ1v) is 7.69. The monoisotopic (exact) mass is 308 g/mol. The van der Waals surface area contributed by atoms with E-state index in [4.69, 9.17) is 4.74 Å². The summed E-state index contributed by atoms with van der Waals surface area (Å²) in [6.45, 7) is 3.16. The summed E-state index contributed by atoms with van der Waals surface area (Å²) in [5.74, 6) is 0.877. The minimum Gasteiger partial charge on any atom is -0.489 e. The van der Waals surface area contributed by atoms with Crippen LogP contribution < -0.4 is 10.1 Å². The maximum absolute atomic E-state index is 5.76. The fourth-order valence-corrected chi connectivity index (χ4v) is 2.21. The van der Waals surface area contributed by atoms with Crippen LogP contribution >= 0.6 is 0 Å². The van der Waals surface area contributed by atoms with Crippen LogP contribution in [-0.4, -0.2) is 21.3 Å². The average molecular weight is 308 g/mol. The molecule has 0 aliphatic rings. The van der Waals surface area contributed by atoms with Crippen LogP contribution in [-0.2, 0) is 19.7 Å². The molecule has 0 fully saturated rings. The lowest BCUT2D eigenvalue weighted by Gasteiger charge is -2.08. The molecule has 0 amide bonds. The van der Waals surface area contributed by atoms with Crippen LogP contribution in [0.25, 0.3) is 0 Å². The summed E-state index contributed by atoms with van der Waals surface area (Å²) in [4.78, 5) is 4.00. The Morgan fingerprint density at radius 2 is 1.78 bits per heavy atom. The molecule has 118 valence electrons. The van der Waals surface area contributed by atoms with Crippen LogP contribution in [0.1, 0.15) is 11.1 Å². The van der Waals surface area contributed by atoms with Crippen molar-refractivity contribution in [2.45, 2.75) is 19.7 Å². The van der Waals surface area contributed by atoms with Gasteiger partial charge in [0.2, 0.25) is 0 Å². The molecule has 0 aliphatic carbocycles. The van der Waals surface area contributed by atoms with Gasteiger partial charge in [-0.25, -0.2) is 0 Å². The van der Waals surface area contributed by atoms with E-state index in [0.717, 1.165) is 30.9 Å². The second-order valence-corrected chi connectivity index (χ2v) is 5.23. The van der Waals surface area contributed by atoms with Gasteiger partial charge in [-0.15, -0.1) is 0 Å². The first-order valence-electron chi connectivity index (χ1n) is 7.69. The Morgan fingerprint density at radius 1 is 0.957 bits per heavy atom. The first kappa shape index (κ1) is 15.2. The summed E-state index contributed by atoms with van der Waals surface area (Å²) in [5.41, 5.74) is 2.35. The Morgan fingerprint density at radius 3 is 2.52 bits per heavy atom. The summed E-state index contributed by atoms with van der Waals surface area (Å²) >= 11 is 0. The zero-order valence-electron chi connectivity index (χ0n) is 12.9. The molecule has 0 radical (unpaired) electrons. The van der Waals surface area contributed by atoms with E-state index in [1.165, 1.54) is 5.56 Å². The number of hydrogen-bond donors (Lipinski definition) is 1. The lowest BCUT2D eigenvalue weighted by molar-refractivity contribution is 0.306. The van der Waals surface area contributed by atoms with Gasteiger partial charge in [-0.2, -0.15) is 5.10 Å². The third-order valence-corrected chi connectivity index (χ3v) is 3.48. The molecule has 0 saturated heterocycles. The molecule has 23 heavy (non-hydrogen) atoms. The number of benzene rings is 1. The molecule has 2 heterocycles. The van der Waals surface area contributed by atoms with Crippen LogP contribution in [0, 0.1) is 0 Å². The topological polar surface area (TPSA) is 52.0 Å². The van der Waals surface area contributed by atoms with Crippen molar-refractivity contribution in [1.29, 1.82) is 0 Å². The third kappa shape index (κ3) is 4.93. The molecule has 5 heteroatoms. The van der Waals surface area contributed by atoms with Crippen LogP contribution in [0.15, 0.2) is 67.3 Å². The molecule has 0 atom stereocenters. The van der Waals surface area contributed by atoms with Crippen molar-refractivity contribution < 1.29 is 4.74 Å². The first-order chi connectivity index (χ1) is 11.4. The second-order valence-electron chi connectivity index (χ2n) is 5.23. The predicted octanol–water partition coefficient (Wildman–Crippen LogP) is 2.65. The number of nitrogens with one attached hydrogen (secondary N) is 1. The highest BCUT2D eigenvalue weighted by Gasteiger charge is 1.98. The fraction of sp³-hybridized carbons (Fsp3) is 0.222. The van der Waals surface area contributed by atoms with Crippen molar-refractivity contribution in [2.24, 2.45) is 0 Å². The maximum Gasteiger partial charge on any atom is 0.119 e. The lowest BCUT2D eigenvalue weighted by atomic mass is 10.2. The van der Waals surface area contributed by atoms with Gasteiger partial charge in [-0.3, -0.25) is 9.67 Å². The lowest BCUT2D eigenvalue weighted by Crippen LogP contribution is -2.19. The molecule has 3 aromatic rings. The van der Waals surface area contributed by atoms with Crippen molar-refractivity contribution in [1.82, 2.24) is 20.1 Å². The molecular formula is C18H20N4O. The molecule has 2 aromatic heterocycles. The van der Waals surface area contributed by atoms with Crippen LogP contribution in [0.2, 0.25) is 0 Å². The second kappa shape index (κ2) is 8.10. The van der Waals surface area contributed by atoms with Gasteiger partial charge in [-0.1, -0.05) is 12.1 Å². The third-order valence-electron chi connectivity index (χ3n) is 3.48. The molecule has 0 aliphatic heterocycles. The van der Waals surface area contributed by atoms with E-state index in [9.17, 15) is 0 Å². The number of pyridine rings is 1. The summed E-state index contributed by atoms with van der Waals surface area (Å²) in [6, 6.07) is 14.0. The molecular weight excluding hydrogens is 288 g/mol. The quantitative estimate of drug-likeness (QED) is 0.650. The zero-order chi connectivity index (χ0) is 15.7. The van der Waals surface area contributed by atoms with E-state index in [1.54, 1.807) is 18.6 Å². The van der Waals surface area contributed by atoms with Crippen molar-refractivity contribution in [2.75, 3.05) is 6.54 Å². The van der Waals surface area contributed by atoms with E-state index in [0.29, 0.717) is 6.61 Å². The molecule has 0 bridgehead atoms. The van der Waals surface area contributed by atoms with Crippen molar-refractivity contribution in [3.05, 3.63) is 78.4 Å². The average Bonchev–Trinajstić information content (AvgIpc) is 3.12. The summed E-state index contributed by atoms with van der Waals surface area (Å²) in [7, 11) is 0. The van der Waals surface area contributed by atoms with Crippen LogP contribution in [0.4, 0.5) is 0 Å². The predicted molar refractivity (Wildman–Crippen MR) is 88.9 cm³/mol. The molecule has 0 unspecified atom stereocenters. The Labute approximate surface area is 135 Å². The van der Waals surface area contributed by atoms with Gasteiger partial charge in [0.15, 0.2) is 0 Å². The highest BCUT2D eigenvalue weighted by atomic mass is 16.5. The molecule has 5 nitrogen and oxygen atoms in total. The van der Waals surface area contributed by atoms with E-state index < -0.39 is 0 Å². The maximum atomic E-state index is 5.76. The minimum atomic E-state index is 0.560. The van der Waals surface area contributed by atoms with Gasteiger partial charge in [-0.05, 0) is 41.5 Å². The molecule has 1 aromatic carbocycles. The minimum absolute atomic E-state index is 0.560. The highest BCUT2D eigenvalue weighted by molar-refractivity contribution is 5.27. The summed E-state index contributed by atoms with van der Waals surface area (Å²) in [6.07, 6.45) is 7.31. The van der Waals surface area contributed by atoms with Gasteiger partial charge >= 0.3 is 0 Å². The number of rotatable bonds is 8. The molecule has 0 spiro atoms. The smallest absolute Gasteiger partial charge is 0.119 e. The molecule has 0 saturated carbocycles. The molecule has 1 N–H and O–H groups in total. The van der Waals surface area contributed by atoms with Gasteiger partial charge in [0.25, 0.3) is 0 Å². The highest BCUT2D eigenvalue weighted by Crippen LogP contribution is 2.14. The Bertz CT molecular complexity index is 681. The van der Waals surface area contributed by atoms with Crippen LogP contribution in [0.3, 0.4) is 0 Å². The largest absolute Gasteiger partial charge is 0.489 e. The van der Waals surface area contributed by atoms with Gasteiger partial charge in [0, 0.05) is 37.9 Å². The van der Waals surface area contributed by atoms with Crippen molar-refractivity contribution in [3.63, 3.8) is 0 Å². The van der Waals surface area contributed by atoms with Gasteiger partial charge in [0.05, 0.1) is 6.54 Å². The summed E-state index contributed by atoms with van der Waals surface area (Å²) < 4.78 is 7.68. The summed E-state index contributed by atoms with van der Waals surface area (Å²) in [5, 5.41) is 7.58. The number of hydrogen-bond acceptors (Lipinski definition) is 4. The van der Waals surface area contributed by atoms with Gasteiger partial charge in [0.1, 0.15) is 12.4 Å². The standard InChI is InChI=1S/C18H20N4O/c1-8-21-22(12-1)13-11-20-14-16-2-4-18(5-3-16)23-15-17-6-9-19-10-7-17/h1-10,12,20H,11,13-15H2. The molecule has 3 rings (SSSR count). The number of nitrogens with zero attached hydrogens (tertiary/aromatic N) is 3. The van der Waals surface area contributed by atoms with E-state index in [-0.39, 0.29) is 0 Å². The number of ether oxygens (including phenoxy) is 1. The Balaban J connectivity index is 1.40. The fourth-order valence-electron chi connectivity index (χ4n) is 2.21. The normalized spacial score (nSPS) is 10.6. The van der Waals surface area contributed by atoms with Crippen molar-refractivity contribution >= 4 is 0 Å². The van der Waals surface area contributed by atoms with E-state index >= 15 is 0 Å². The van der Waals surface area contributed by atoms with Gasteiger partial charge < -0.3 is 10.1 Å². The zero-order valence-corrected chi connectivity index (χ0v) is 12.9. The Kier molecular flexibility index (Phi) is 5.37. The SMILES string of the molecule is c1cnn(CCNCc2ccc(OCc3ccncc3)cc2)c1. The van der Waals surface area contributed by atoms with E-state index in [1.807, 2.05) is 41.2 Å². The van der Waals surface area contributed by atoms with E-state index in [2.05, 4.69) is 27.5 Å². The van der Waals surface area contributed by atoms with Crippen LogP contribution in [0.5, 0.6) is 5.75 Å². The number of aromatic nitrogens is 3. The Hall–Kier alpha value is -2.66.